The second-order valence-electron chi connectivity index (χ2n) is 3.78. The maximum atomic E-state index is 13.3. The van der Waals surface area contributed by atoms with E-state index in [1.807, 2.05) is 6.92 Å². The van der Waals surface area contributed by atoms with E-state index in [2.05, 4.69) is 5.32 Å². The van der Waals surface area contributed by atoms with E-state index in [4.69, 9.17) is 4.74 Å². The fraction of sp³-hybridized carbons (Fsp3) is 0.455. The molecule has 0 unspecified atom stereocenters. The largest absolute Gasteiger partial charge is 0.356 e. The molecular formula is C11H12F3NO. The number of hydrogen-bond donors (Lipinski definition) is 1. The Balaban J connectivity index is 2.19. The van der Waals surface area contributed by atoms with Crippen LogP contribution < -0.4 is 5.32 Å². The minimum Gasteiger partial charge on any atom is -0.356 e. The highest BCUT2D eigenvalue weighted by Gasteiger charge is 2.44. The minimum absolute atomic E-state index is 0.0650. The van der Waals surface area contributed by atoms with Crippen molar-refractivity contribution < 1.29 is 17.9 Å². The fourth-order valence-electron chi connectivity index (χ4n) is 1.56. The van der Waals surface area contributed by atoms with Gasteiger partial charge in [-0.05, 0) is 31.9 Å². The molecule has 1 aliphatic carbocycles. The van der Waals surface area contributed by atoms with Crippen LogP contribution in [0, 0.1) is 17.5 Å². The Morgan fingerprint density at radius 1 is 1.25 bits per heavy atom. The Morgan fingerprint density at radius 3 is 2.50 bits per heavy atom. The first kappa shape index (κ1) is 11.3. The van der Waals surface area contributed by atoms with Crippen LogP contribution in [-0.2, 0) is 4.74 Å². The molecule has 1 N–H and O–H groups in total. The molecule has 0 atom stereocenters. The number of ether oxygens (including phenoxy) is 1. The molecule has 16 heavy (non-hydrogen) atoms. The summed E-state index contributed by atoms with van der Waals surface area (Å²) in [4.78, 5) is 0. The van der Waals surface area contributed by atoms with Crippen molar-refractivity contribution in [1.29, 1.82) is 0 Å². The number of hydrogen-bond acceptors (Lipinski definition) is 2. The third-order valence-electron chi connectivity index (χ3n) is 2.52. The van der Waals surface area contributed by atoms with Gasteiger partial charge in [0, 0.05) is 6.61 Å². The summed E-state index contributed by atoms with van der Waals surface area (Å²) in [5.74, 6) is -3.85. The maximum absolute atomic E-state index is 13.3. The van der Waals surface area contributed by atoms with Gasteiger partial charge in [-0.25, -0.2) is 13.2 Å². The van der Waals surface area contributed by atoms with Gasteiger partial charge in [-0.15, -0.1) is 0 Å². The summed E-state index contributed by atoms with van der Waals surface area (Å²) in [6.45, 7) is 2.31. The molecule has 0 aliphatic heterocycles. The molecule has 0 bridgehead atoms. The second kappa shape index (κ2) is 3.97. The predicted molar refractivity (Wildman–Crippen MR) is 53.5 cm³/mol. The summed E-state index contributed by atoms with van der Waals surface area (Å²) in [6.07, 6.45) is 1.47. The highest BCUT2D eigenvalue weighted by atomic mass is 19.2. The third kappa shape index (κ3) is 2.00. The molecule has 1 aromatic rings. The molecular weight excluding hydrogens is 219 g/mol. The van der Waals surface area contributed by atoms with Crippen LogP contribution in [0.25, 0.3) is 0 Å². The smallest absolute Gasteiger partial charge is 0.196 e. The average molecular weight is 231 g/mol. The van der Waals surface area contributed by atoms with Gasteiger partial charge in [-0.2, -0.15) is 0 Å². The summed E-state index contributed by atoms with van der Waals surface area (Å²) >= 11 is 0. The minimum atomic E-state index is -1.46. The first-order chi connectivity index (χ1) is 7.58. The quantitative estimate of drug-likeness (QED) is 0.635. The van der Waals surface area contributed by atoms with Crippen molar-refractivity contribution in [2.24, 2.45) is 0 Å². The van der Waals surface area contributed by atoms with E-state index in [9.17, 15) is 13.2 Å². The number of benzene rings is 1. The molecule has 5 heteroatoms. The van der Waals surface area contributed by atoms with Crippen LogP contribution in [0.2, 0.25) is 0 Å². The zero-order valence-electron chi connectivity index (χ0n) is 8.82. The molecule has 1 fully saturated rings. The van der Waals surface area contributed by atoms with Crippen molar-refractivity contribution in [2.45, 2.75) is 25.5 Å². The lowest BCUT2D eigenvalue weighted by atomic mass is 10.2. The monoisotopic (exact) mass is 231 g/mol. The number of nitrogens with one attached hydrogen (secondary N) is 1. The molecule has 0 amide bonds. The van der Waals surface area contributed by atoms with Crippen LogP contribution >= 0.6 is 0 Å². The number of halogens is 3. The Hall–Kier alpha value is -1.23. The van der Waals surface area contributed by atoms with Crippen molar-refractivity contribution >= 4 is 5.69 Å². The molecule has 0 saturated heterocycles. The van der Waals surface area contributed by atoms with Gasteiger partial charge in [0.2, 0.25) is 0 Å². The van der Waals surface area contributed by atoms with Crippen LogP contribution in [0.3, 0.4) is 0 Å². The topological polar surface area (TPSA) is 21.3 Å². The molecule has 88 valence electrons. The van der Waals surface area contributed by atoms with E-state index >= 15 is 0 Å². The van der Waals surface area contributed by atoms with E-state index in [0.29, 0.717) is 6.61 Å². The summed E-state index contributed by atoms with van der Waals surface area (Å²) in [6, 6.07) is 2.07. The standard InChI is InChI=1S/C11H12F3NO/c1-2-16-11(5-6-11)15-8-4-3-7(12)9(13)10(8)14/h3-4,15H,2,5-6H2,1H3. The zero-order valence-corrected chi connectivity index (χ0v) is 8.82. The summed E-state index contributed by atoms with van der Waals surface area (Å²) < 4.78 is 44.3. The number of rotatable bonds is 4. The first-order valence-corrected chi connectivity index (χ1v) is 5.13. The van der Waals surface area contributed by atoms with Gasteiger partial charge < -0.3 is 10.1 Å². The summed E-state index contributed by atoms with van der Waals surface area (Å²) in [5, 5.41) is 2.76. The lowest BCUT2D eigenvalue weighted by Crippen LogP contribution is -2.25. The van der Waals surface area contributed by atoms with E-state index < -0.39 is 23.2 Å². The van der Waals surface area contributed by atoms with Gasteiger partial charge in [0.1, 0.15) is 5.72 Å². The molecule has 1 aromatic carbocycles. The summed E-state index contributed by atoms with van der Waals surface area (Å²) in [5.41, 5.74) is -0.662. The SMILES string of the molecule is CCOC1(Nc2ccc(F)c(F)c2F)CC1. The van der Waals surface area contributed by atoms with Crippen molar-refractivity contribution in [3.05, 3.63) is 29.6 Å². The van der Waals surface area contributed by atoms with Gasteiger partial charge in [0.15, 0.2) is 17.5 Å². The average Bonchev–Trinajstić information content (AvgIpc) is 3.00. The van der Waals surface area contributed by atoms with Gasteiger partial charge in [0.05, 0.1) is 5.69 Å². The summed E-state index contributed by atoms with van der Waals surface area (Å²) in [7, 11) is 0. The lowest BCUT2D eigenvalue weighted by Gasteiger charge is -2.19. The Labute approximate surface area is 91.4 Å². The molecule has 2 rings (SSSR count). The predicted octanol–water partition coefficient (Wildman–Crippen LogP) is 3.04. The first-order valence-electron chi connectivity index (χ1n) is 5.13. The molecule has 1 saturated carbocycles. The van der Waals surface area contributed by atoms with Crippen LogP contribution in [0.15, 0.2) is 12.1 Å². The molecule has 2 nitrogen and oxygen atoms in total. The Bertz CT molecular complexity index is 404. The zero-order chi connectivity index (χ0) is 11.8. The second-order valence-corrected chi connectivity index (χ2v) is 3.78. The molecule has 0 spiro atoms. The van der Waals surface area contributed by atoms with Crippen LogP contribution in [0.5, 0.6) is 0 Å². The Kier molecular flexibility index (Phi) is 2.80. The molecule has 0 heterocycles. The van der Waals surface area contributed by atoms with Crippen LogP contribution in [0.1, 0.15) is 19.8 Å². The third-order valence-corrected chi connectivity index (χ3v) is 2.52. The molecule has 1 aliphatic rings. The lowest BCUT2D eigenvalue weighted by molar-refractivity contribution is 0.0628. The van der Waals surface area contributed by atoms with E-state index in [-0.39, 0.29) is 5.69 Å². The van der Waals surface area contributed by atoms with Crippen LogP contribution in [-0.4, -0.2) is 12.3 Å². The van der Waals surface area contributed by atoms with Crippen molar-refractivity contribution in [1.82, 2.24) is 0 Å². The van der Waals surface area contributed by atoms with E-state index in [1.165, 1.54) is 6.07 Å². The normalized spacial score (nSPS) is 17.2. The van der Waals surface area contributed by atoms with Crippen LogP contribution in [0.4, 0.5) is 18.9 Å². The van der Waals surface area contributed by atoms with Crippen molar-refractivity contribution in [3.63, 3.8) is 0 Å². The van der Waals surface area contributed by atoms with Gasteiger partial charge >= 0.3 is 0 Å². The van der Waals surface area contributed by atoms with Gasteiger partial charge in [0.25, 0.3) is 0 Å². The van der Waals surface area contributed by atoms with Crippen molar-refractivity contribution in [2.75, 3.05) is 11.9 Å². The highest BCUT2D eigenvalue weighted by molar-refractivity contribution is 5.48. The Morgan fingerprint density at radius 2 is 1.94 bits per heavy atom. The number of anilines is 1. The molecule has 0 aromatic heterocycles. The maximum Gasteiger partial charge on any atom is 0.196 e. The highest BCUT2D eigenvalue weighted by Crippen LogP contribution is 2.40. The van der Waals surface area contributed by atoms with E-state index in [0.717, 1.165) is 18.9 Å². The fourth-order valence-corrected chi connectivity index (χ4v) is 1.56. The van der Waals surface area contributed by atoms with Gasteiger partial charge in [-0.3, -0.25) is 0 Å². The van der Waals surface area contributed by atoms with Crippen molar-refractivity contribution in [3.8, 4) is 0 Å². The molecule has 0 radical (unpaired) electrons. The van der Waals surface area contributed by atoms with E-state index in [1.54, 1.807) is 0 Å². The van der Waals surface area contributed by atoms with Gasteiger partial charge in [-0.1, -0.05) is 0 Å².